The van der Waals surface area contributed by atoms with Gasteiger partial charge in [-0.1, -0.05) is 6.42 Å². The molecule has 0 aliphatic heterocycles. The van der Waals surface area contributed by atoms with Gasteiger partial charge in [0.25, 0.3) is 11.8 Å². The average Bonchev–Trinajstić information content (AvgIpc) is 3.32. The second-order valence-electron chi connectivity index (χ2n) is 7.77. The Balaban J connectivity index is 1.29. The molecule has 0 spiro atoms. The Hall–Kier alpha value is -1.89. The van der Waals surface area contributed by atoms with E-state index in [9.17, 15) is 14.4 Å². The lowest BCUT2D eigenvalue weighted by Crippen LogP contribution is -2.24. The van der Waals surface area contributed by atoms with Gasteiger partial charge in [0.05, 0.1) is 5.56 Å². The number of hydrogen-bond donors (Lipinski definition) is 2. The second-order valence-corrected chi connectivity index (χ2v) is 8.88. The van der Waals surface area contributed by atoms with E-state index in [0.29, 0.717) is 28.8 Å². The summed E-state index contributed by atoms with van der Waals surface area (Å²) in [6.45, 7) is -0.319. The standard InChI is InChI=1S/C19H24N2O4S/c20-18(24)17-13-2-1-3-14(13)26-19(17)21-15(22)9-25-16(23)8-12-7-10-4-5-11(12)6-10/h10-12H,1-9H2,(H2,20,24)(H,21,22)/t10-,11-,12-/m1/s1. The summed E-state index contributed by atoms with van der Waals surface area (Å²) in [6.07, 6.45) is 8.04. The Morgan fingerprint density at radius 3 is 2.73 bits per heavy atom. The number of carbonyl (C=O) groups excluding carboxylic acids is 3. The van der Waals surface area contributed by atoms with Gasteiger partial charge in [-0.05, 0) is 61.8 Å². The molecule has 4 rings (SSSR count). The number of anilines is 1. The number of amides is 2. The van der Waals surface area contributed by atoms with Gasteiger partial charge in [-0.2, -0.15) is 0 Å². The van der Waals surface area contributed by atoms with E-state index >= 15 is 0 Å². The van der Waals surface area contributed by atoms with Crippen LogP contribution in [-0.2, 0) is 27.2 Å². The number of ether oxygens (including phenoxy) is 1. The van der Waals surface area contributed by atoms with E-state index in [1.165, 1.54) is 30.6 Å². The summed E-state index contributed by atoms with van der Waals surface area (Å²) in [4.78, 5) is 37.0. The molecule has 3 aliphatic rings. The third-order valence-corrected chi connectivity index (χ3v) is 7.31. The summed E-state index contributed by atoms with van der Waals surface area (Å²) in [5.74, 6) is 0.622. The minimum atomic E-state index is -0.520. The Morgan fingerprint density at radius 1 is 1.19 bits per heavy atom. The van der Waals surface area contributed by atoms with Crippen LogP contribution in [0.25, 0.3) is 0 Å². The number of nitrogens with two attached hydrogens (primary N) is 1. The summed E-state index contributed by atoms with van der Waals surface area (Å²) < 4.78 is 5.16. The van der Waals surface area contributed by atoms with Crippen LogP contribution in [0.5, 0.6) is 0 Å². The fourth-order valence-electron chi connectivity index (χ4n) is 4.96. The molecule has 2 saturated carbocycles. The maximum absolute atomic E-state index is 12.1. The predicted octanol–water partition coefficient (Wildman–Crippen LogP) is 2.64. The molecule has 0 radical (unpaired) electrons. The average molecular weight is 376 g/mol. The highest BCUT2D eigenvalue weighted by molar-refractivity contribution is 7.17. The van der Waals surface area contributed by atoms with Crippen molar-refractivity contribution in [1.29, 1.82) is 0 Å². The highest BCUT2D eigenvalue weighted by Crippen LogP contribution is 2.49. The number of nitrogens with one attached hydrogen (secondary N) is 1. The Kier molecular flexibility index (Phi) is 4.73. The van der Waals surface area contributed by atoms with E-state index in [2.05, 4.69) is 5.32 Å². The minimum Gasteiger partial charge on any atom is -0.456 e. The molecule has 3 aliphatic carbocycles. The number of aryl methyl sites for hydroxylation is 1. The lowest BCUT2D eigenvalue weighted by Gasteiger charge is -2.20. The molecule has 1 heterocycles. The number of carbonyl (C=O) groups is 3. The first-order valence-corrected chi connectivity index (χ1v) is 10.2. The third-order valence-electron chi connectivity index (χ3n) is 6.10. The van der Waals surface area contributed by atoms with Crippen molar-refractivity contribution < 1.29 is 19.1 Å². The molecule has 2 bridgehead atoms. The van der Waals surface area contributed by atoms with Gasteiger partial charge >= 0.3 is 5.97 Å². The summed E-state index contributed by atoms with van der Waals surface area (Å²) in [7, 11) is 0. The number of primary amides is 1. The van der Waals surface area contributed by atoms with Crippen molar-refractivity contribution in [2.75, 3.05) is 11.9 Å². The molecule has 0 unspecified atom stereocenters. The summed E-state index contributed by atoms with van der Waals surface area (Å²) >= 11 is 1.40. The predicted molar refractivity (Wildman–Crippen MR) is 98.0 cm³/mol. The van der Waals surface area contributed by atoms with Gasteiger partial charge in [0.2, 0.25) is 0 Å². The van der Waals surface area contributed by atoms with Crippen LogP contribution in [0.15, 0.2) is 0 Å². The highest BCUT2D eigenvalue weighted by atomic mass is 32.1. The van der Waals surface area contributed by atoms with Crippen molar-refractivity contribution in [2.24, 2.45) is 23.5 Å². The Morgan fingerprint density at radius 2 is 2.04 bits per heavy atom. The normalized spacial score (nSPS) is 25.9. The molecule has 140 valence electrons. The first kappa shape index (κ1) is 17.5. The van der Waals surface area contributed by atoms with Gasteiger partial charge in [0.1, 0.15) is 5.00 Å². The topological polar surface area (TPSA) is 98.5 Å². The molecule has 2 fully saturated rings. The fraction of sp³-hybridized carbons (Fsp3) is 0.632. The van der Waals surface area contributed by atoms with Crippen molar-refractivity contribution in [1.82, 2.24) is 0 Å². The molecular formula is C19H24N2O4S. The van der Waals surface area contributed by atoms with E-state index in [0.717, 1.165) is 42.0 Å². The zero-order valence-electron chi connectivity index (χ0n) is 14.7. The SMILES string of the molecule is NC(=O)c1c(NC(=O)COC(=O)C[C@H]2C[C@@H]3CC[C@@H]2C3)sc2c1CCC2. The van der Waals surface area contributed by atoms with E-state index in [1.54, 1.807) is 0 Å². The molecule has 1 aromatic rings. The number of hydrogen-bond acceptors (Lipinski definition) is 5. The van der Waals surface area contributed by atoms with Crippen LogP contribution < -0.4 is 11.1 Å². The number of esters is 1. The van der Waals surface area contributed by atoms with Crippen molar-refractivity contribution >= 4 is 34.1 Å². The highest BCUT2D eigenvalue weighted by Gasteiger charge is 2.40. The van der Waals surface area contributed by atoms with E-state index in [-0.39, 0.29) is 12.6 Å². The van der Waals surface area contributed by atoms with Gasteiger partial charge in [0.15, 0.2) is 6.61 Å². The minimum absolute atomic E-state index is 0.304. The first-order valence-electron chi connectivity index (χ1n) is 9.41. The molecule has 7 heteroatoms. The molecule has 0 saturated heterocycles. The first-order chi connectivity index (χ1) is 12.5. The van der Waals surface area contributed by atoms with Crippen LogP contribution in [0.2, 0.25) is 0 Å². The maximum Gasteiger partial charge on any atom is 0.306 e. The summed E-state index contributed by atoms with van der Waals surface area (Å²) in [6, 6.07) is 0. The summed E-state index contributed by atoms with van der Waals surface area (Å²) in [5, 5.41) is 3.18. The quantitative estimate of drug-likeness (QED) is 0.746. The van der Waals surface area contributed by atoms with Gasteiger partial charge < -0.3 is 15.8 Å². The van der Waals surface area contributed by atoms with Crippen molar-refractivity contribution in [3.8, 4) is 0 Å². The monoisotopic (exact) mass is 376 g/mol. The Labute approximate surface area is 156 Å². The van der Waals surface area contributed by atoms with E-state index in [4.69, 9.17) is 10.5 Å². The maximum atomic E-state index is 12.1. The van der Waals surface area contributed by atoms with Crippen molar-refractivity contribution in [3.63, 3.8) is 0 Å². The lowest BCUT2D eigenvalue weighted by molar-refractivity contribution is -0.148. The molecule has 3 atom stereocenters. The van der Waals surface area contributed by atoms with Crippen LogP contribution in [0.4, 0.5) is 5.00 Å². The van der Waals surface area contributed by atoms with Crippen LogP contribution >= 0.6 is 11.3 Å². The molecular weight excluding hydrogens is 352 g/mol. The molecule has 26 heavy (non-hydrogen) atoms. The molecule has 2 amide bonds. The lowest BCUT2D eigenvalue weighted by atomic mass is 9.86. The number of fused-ring (bicyclic) bond motifs is 3. The number of thiophene rings is 1. The van der Waals surface area contributed by atoms with Crippen LogP contribution in [0.1, 0.15) is 59.3 Å². The smallest absolute Gasteiger partial charge is 0.306 e. The molecule has 6 nitrogen and oxygen atoms in total. The zero-order valence-corrected chi connectivity index (χ0v) is 15.5. The molecule has 1 aromatic heterocycles. The molecule has 3 N–H and O–H groups in total. The van der Waals surface area contributed by atoms with Gasteiger partial charge in [-0.15, -0.1) is 11.3 Å². The van der Waals surface area contributed by atoms with Gasteiger partial charge in [-0.25, -0.2) is 0 Å². The Bertz CT molecular complexity index is 757. The third kappa shape index (κ3) is 3.37. The number of rotatable bonds is 6. The summed E-state index contributed by atoms with van der Waals surface area (Å²) in [5.41, 5.74) is 6.87. The van der Waals surface area contributed by atoms with Crippen LogP contribution in [0, 0.1) is 17.8 Å². The van der Waals surface area contributed by atoms with Gasteiger partial charge in [0, 0.05) is 11.3 Å². The van der Waals surface area contributed by atoms with Crippen molar-refractivity contribution in [2.45, 2.75) is 51.4 Å². The van der Waals surface area contributed by atoms with Crippen molar-refractivity contribution in [3.05, 3.63) is 16.0 Å². The van der Waals surface area contributed by atoms with Crippen LogP contribution in [-0.4, -0.2) is 24.4 Å². The zero-order chi connectivity index (χ0) is 18.3. The fourth-order valence-corrected chi connectivity index (χ4v) is 6.27. The second kappa shape index (κ2) is 7.02. The van der Waals surface area contributed by atoms with E-state index < -0.39 is 11.8 Å². The molecule has 0 aromatic carbocycles. The van der Waals surface area contributed by atoms with E-state index in [1.807, 2.05) is 0 Å². The van der Waals surface area contributed by atoms with Crippen LogP contribution in [0.3, 0.4) is 0 Å². The largest absolute Gasteiger partial charge is 0.456 e. The van der Waals surface area contributed by atoms with Gasteiger partial charge in [-0.3, -0.25) is 14.4 Å².